The van der Waals surface area contributed by atoms with E-state index in [1.807, 2.05) is 18.3 Å². The van der Waals surface area contributed by atoms with Gasteiger partial charge in [0.15, 0.2) is 0 Å². The number of nitrogen functional groups attached to an aromatic ring is 1. The zero-order valence-electron chi connectivity index (χ0n) is 13.4. The SMILES string of the molecule is Nc1nccc(-c2c[nH]c3nccc(C4(N)CCCC(N)C4)c23)n1. The number of hydrogen-bond donors (Lipinski definition) is 4. The maximum absolute atomic E-state index is 6.79. The van der Waals surface area contributed by atoms with Crippen molar-refractivity contribution in [2.75, 3.05) is 5.73 Å². The van der Waals surface area contributed by atoms with Gasteiger partial charge in [0.1, 0.15) is 5.65 Å². The zero-order valence-corrected chi connectivity index (χ0v) is 13.4. The second kappa shape index (κ2) is 5.54. The van der Waals surface area contributed by atoms with Gasteiger partial charge in [0.2, 0.25) is 5.95 Å². The average Bonchev–Trinajstić information content (AvgIpc) is 2.98. The quantitative estimate of drug-likeness (QED) is 0.567. The number of rotatable bonds is 2. The van der Waals surface area contributed by atoms with Crippen molar-refractivity contribution in [2.45, 2.75) is 37.3 Å². The lowest BCUT2D eigenvalue weighted by molar-refractivity contribution is 0.275. The first-order valence-electron chi connectivity index (χ1n) is 8.17. The third-order valence-corrected chi connectivity index (χ3v) is 4.88. The van der Waals surface area contributed by atoms with Crippen molar-refractivity contribution >= 4 is 17.0 Å². The second-order valence-electron chi connectivity index (χ2n) is 6.60. The molecule has 1 saturated carbocycles. The molecule has 0 radical (unpaired) electrons. The van der Waals surface area contributed by atoms with Gasteiger partial charge in [-0.25, -0.2) is 15.0 Å². The first-order valence-corrected chi connectivity index (χ1v) is 8.17. The van der Waals surface area contributed by atoms with Crippen molar-refractivity contribution in [2.24, 2.45) is 11.5 Å². The van der Waals surface area contributed by atoms with Gasteiger partial charge in [-0.2, -0.15) is 0 Å². The van der Waals surface area contributed by atoms with Crippen LogP contribution in [0.15, 0.2) is 30.7 Å². The van der Waals surface area contributed by atoms with E-state index in [0.717, 1.165) is 53.5 Å². The van der Waals surface area contributed by atoms with Crippen molar-refractivity contribution in [1.29, 1.82) is 0 Å². The van der Waals surface area contributed by atoms with Crippen molar-refractivity contribution in [3.8, 4) is 11.3 Å². The number of aromatic nitrogens is 4. The largest absolute Gasteiger partial charge is 0.368 e. The Morgan fingerprint density at radius 2 is 2.04 bits per heavy atom. The molecule has 3 aromatic rings. The van der Waals surface area contributed by atoms with Crippen LogP contribution in [0.2, 0.25) is 0 Å². The molecule has 0 bridgehead atoms. The number of H-pyrrole nitrogens is 1. The maximum Gasteiger partial charge on any atom is 0.220 e. The Morgan fingerprint density at radius 1 is 1.21 bits per heavy atom. The Kier molecular flexibility index (Phi) is 3.47. The highest BCUT2D eigenvalue weighted by atomic mass is 15.0. The Morgan fingerprint density at radius 3 is 2.83 bits per heavy atom. The van der Waals surface area contributed by atoms with Crippen molar-refractivity contribution in [3.63, 3.8) is 0 Å². The number of hydrogen-bond acceptors (Lipinski definition) is 6. The van der Waals surface area contributed by atoms with Crippen LogP contribution in [-0.4, -0.2) is 26.0 Å². The molecule has 7 N–H and O–H groups in total. The van der Waals surface area contributed by atoms with Crippen LogP contribution in [0, 0.1) is 0 Å². The smallest absolute Gasteiger partial charge is 0.220 e. The summed E-state index contributed by atoms with van der Waals surface area (Å²) >= 11 is 0. The Balaban J connectivity index is 1.92. The first-order chi connectivity index (χ1) is 11.6. The molecule has 0 amide bonds. The minimum Gasteiger partial charge on any atom is -0.368 e. The number of pyridine rings is 1. The summed E-state index contributed by atoms with van der Waals surface area (Å²) in [7, 11) is 0. The molecular formula is C17H21N7. The molecule has 3 heterocycles. The monoisotopic (exact) mass is 323 g/mol. The molecule has 3 aromatic heterocycles. The molecule has 4 rings (SSSR count). The molecule has 0 saturated heterocycles. The van der Waals surface area contributed by atoms with Gasteiger partial charge in [-0.1, -0.05) is 0 Å². The van der Waals surface area contributed by atoms with Gasteiger partial charge in [0, 0.05) is 41.1 Å². The lowest BCUT2D eigenvalue weighted by atomic mass is 9.74. The lowest BCUT2D eigenvalue weighted by Gasteiger charge is -2.37. The molecule has 0 aliphatic heterocycles. The number of anilines is 1. The standard InChI is InChI=1S/C17H21N7/c18-10-2-1-5-17(20,8-10)12-3-6-21-15-14(12)11(9-23-15)13-4-7-22-16(19)24-13/h3-4,6-7,9-10H,1-2,5,8,18,20H2,(H,21,23)(H2,19,22,24). The minimum absolute atomic E-state index is 0.129. The van der Waals surface area contributed by atoms with Crippen LogP contribution in [0.5, 0.6) is 0 Å². The summed E-state index contributed by atoms with van der Waals surface area (Å²) in [5.41, 5.74) is 21.8. The van der Waals surface area contributed by atoms with Crippen LogP contribution in [0.3, 0.4) is 0 Å². The predicted octanol–water partition coefficient (Wildman–Crippen LogP) is 1.66. The number of nitrogens with one attached hydrogen (secondary N) is 1. The van der Waals surface area contributed by atoms with Gasteiger partial charge < -0.3 is 22.2 Å². The molecule has 0 aromatic carbocycles. The molecule has 0 spiro atoms. The third kappa shape index (κ3) is 2.42. The van der Waals surface area contributed by atoms with Gasteiger partial charge in [-0.3, -0.25) is 0 Å². The first kappa shape index (κ1) is 15.0. The van der Waals surface area contributed by atoms with Crippen molar-refractivity contribution < 1.29 is 0 Å². The van der Waals surface area contributed by atoms with Gasteiger partial charge in [-0.15, -0.1) is 0 Å². The van der Waals surface area contributed by atoms with Crippen LogP contribution in [0.1, 0.15) is 31.2 Å². The molecule has 1 aliphatic carbocycles. The van der Waals surface area contributed by atoms with Crippen LogP contribution >= 0.6 is 0 Å². The fourth-order valence-corrected chi connectivity index (χ4v) is 3.79. The highest BCUT2D eigenvalue weighted by Crippen LogP contribution is 2.40. The van der Waals surface area contributed by atoms with E-state index in [4.69, 9.17) is 17.2 Å². The second-order valence-corrected chi connectivity index (χ2v) is 6.60. The Labute approximate surface area is 139 Å². The van der Waals surface area contributed by atoms with Crippen LogP contribution in [0.25, 0.3) is 22.3 Å². The number of aromatic amines is 1. The lowest BCUT2D eigenvalue weighted by Crippen LogP contribution is -2.45. The summed E-state index contributed by atoms with van der Waals surface area (Å²) in [6.07, 6.45) is 9.08. The Hall–Kier alpha value is -2.51. The summed E-state index contributed by atoms with van der Waals surface area (Å²) in [5.74, 6) is 0.245. The highest BCUT2D eigenvalue weighted by Gasteiger charge is 2.35. The summed E-state index contributed by atoms with van der Waals surface area (Å²) in [4.78, 5) is 16.0. The maximum atomic E-state index is 6.79. The molecular weight excluding hydrogens is 302 g/mol. The zero-order chi connectivity index (χ0) is 16.7. The van der Waals surface area contributed by atoms with Crippen LogP contribution in [-0.2, 0) is 5.54 Å². The molecule has 124 valence electrons. The van der Waals surface area contributed by atoms with E-state index >= 15 is 0 Å². The molecule has 1 fully saturated rings. The van der Waals surface area contributed by atoms with E-state index in [1.54, 1.807) is 12.4 Å². The molecule has 2 atom stereocenters. The molecule has 2 unspecified atom stereocenters. The average molecular weight is 323 g/mol. The predicted molar refractivity (Wildman–Crippen MR) is 93.8 cm³/mol. The normalized spacial score (nSPS) is 24.3. The van der Waals surface area contributed by atoms with Gasteiger partial charge in [0.25, 0.3) is 0 Å². The summed E-state index contributed by atoms with van der Waals surface area (Å²) in [6, 6.07) is 3.97. The van der Waals surface area contributed by atoms with E-state index < -0.39 is 5.54 Å². The third-order valence-electron chi connectivity index (χ3n) is 4.88. The van der Waals surface area contributed by atoms with Gasteiger partial charge in [0.05, 0.1) is 5.69 Å². The molecule has 7 nitrogen and oxygen atoms in total. The summed E-state index contributed by atoms with van der Waals surface area (Å²) < 4.78 is 0. The van der Waals surface area contributed by atoms with Crippen LogP contribution < -0.4 is 17.2 Å². The van der Waals surface area contributed by atoms with Crippen molar-refractivity contribution in [3.05, 3.63) is 36.3 Å². The van der Waals surface area contributed by atoms with Crippen molar-refractivity contribution in [1.82, 2.24) is 19.9 Å². The van der Waals surface area contributed by atoms with E-state index in [2.05, 4.69) is 19.9 Å². The van der Waals surface area contributed by atoms with E-state index in [1.165, 1.54) is 0 Å². The fraction of sp³-hybridized carbons (Fsp3) is 0.353. The highest BCUT2D eigenvalue weighted by molar-refractivity contribution is 5.95. The molecule has 7 heteroatoms. The van der Waals surface area contributed by atoms with Gasteiger partial charge in [-0.05, 0) is 43.4 Å². The molecule has 1 aliphatic rings. The summed E-state index contributed by atoms with van der Waals surface area (Å²) in [6.45, 7) is 0. The Bertz CT molecular complexity index is 888. The number of nitrogens with two attached hydrogens (primary N) is 3. The fourth-order valence-electron chi connectivity index (χ4n) is 3.79. The minimum atomic E-state index is -0.450. The van der Waals surface area contributed by atoms with Gasteiger partial charge >= 0.3 is 0 Å². The topological polar surface area (TPSA) is 133 Å². The number of nitrogens with zero attached hydrogens (tertiary/aromatic N) is 3. The molecule has 24 heavy (non-hydrogen) atoms. The van der Waals surface area contributed by atoms with Crippen LogP contribution in [0.4, 0.5) is 5.95 Å². The summed E-state index contributed by atoms with van der Waals surface area (Å²) in [5, 5.41) is 0.993. The number of fused-ring (bicyclic) bond motifs is 1. The van der Waals surface area contributed by atoms with E-state index in [9.17, 15) is 0 Å². The van der Waals surface area contributed by atoms with E-state index in [0.29, 0.717) is 0 Å². The van der Waals surface area contributed by atoms with E-state index in [-0.39, 0.29) is 12.0 Å².